The maximum absolute atomic E-state index is 12.8. The summed E-state index contributed by atoms with van der Waals surface area (Å²) < 4.78 is 5.33. The number of aromatic nitrogens is 1. The van der Waals surface area contributed by atoms with E-state index in [-0.39, 0.29) is 5.91 Å². The minimum atomic E-state index is 0.111. The van der Waals surface area contributed by atoms with Gasteiger partial charge in [0.15, 0.2) is 0 Å². The summed E-state index contributed by atoms with van der Waals surface area (Å²) in [6.45, 7) is 3.63. The summed E-state index contributed by atoms with van der Waals surface area (Å²) in [6.07, 6.45) is 4.70. The summed E-state index contributed by atoms with van der Waals surface area (Å²) >= 11 is 0. The van der Waals surface area contributed by atoms with Crippen molar-refractivity contribution in [3.63, 3.8) is 0 Å². The predicted molar refractivity (Wildman–Crippen MR) is 94.5 cm³/mol. The molecular formula is C20H24N2O2. The molecule has 1 aliphatic rings. The first-order chi connectivity index (χ1) is 11.7. The Hall–Kier alpha value is -2.36. The van der Waals surface area contributed by atoms with Crippen LogP contribution in [0.25, 0.3) is 0 Å². The Labute approximate surface area is 143 Å². The van der Waals surface area contributed by atoms with Gasteiger partial charge in [0.1, 0.15) is 5.75 Å². The zero-order chi connectivity index (χ0) is 16.9. The summed E-state index contributed by atoms with van der Waals surface area (Å²) in [4.78, 5) is 19.1. The summed E-state index contributed by atoms with van der Waals surface area (Å²) in [5.74, 6) is 1.35. The largest absolute Gasteiger partial charge is 0.497 e. The van der Waals surface area contributed by atoms with Crippen LogP contribution in [0, 0.1) is 0 Å². The van der Waals surface area contributed by atoms with Crippen LogP contribution in [0.3, 0.4) is 0 Å². The van der Waals surface area contributed by atoms with Gasteiger partial charge in [-0.1, -0.05) is 19.1 Å². The molecule has 1 aromatic carbocycles. The molecule has 1 unspecified atom stereocenters. The smallest absolute Gasteiger partial charge is 0.253 e. The number of carbonyl (C=O) groups excluding carboxylic acids is 1. The Balaban J connectivity index is 1.76. The lowest BCUT2D eigenvalue weighted by atomic mass is 9.90. The number of rotatable bonds is 4. The van der Waals surface area contributed by atoms with Crippen LogP contribution in [0.4, 0.5) is 0 Å². The van der Waals surface area contributed by atoms with Gasteiger partial charge in [0.25, 0.3) is 5.91 Å². The van der Waals surface area contributed by atoms with Gasteiger partial charge in [-0.2, -0.15) is 0 Å². The quantitative estimate of drug-likeness (QED) is 0.862. The van der Waals surface area contributed by atoms with Gasteiger partial charge in [-0.3, -0.25) is 9.78 Å². The number of aryl methyl sites for hydroxylation is 1. The number of hydrogen-bond acceptors (Lipinski definition) is 3. The number of pyridine rings is 1. The van der Waals surface area contributed by atoms with Crippen LogP contribution in [0.15, 0.2) is 42.6 Å². The molecule has 2 aromatic rings. The Morgan fingerprint density at radius 2 is 2.21 bits per heavy atom. The highest BCUT2D eigenvalue weighted by atomic mass is 16.5. The highest BCUT2D eigenvalue weighted by Gasteiger charge is 2.25. The summed E-state index contributed by atoms with van der Waals surface area (Å²) in [7, 11) is 1.69. The highest BCUT2D eigenvalue weighted by molar-refractivity contribution is 5.94. The van der Waals surface area contributed by atoms with E-state index < -0.39 is 0 Å². The molecule has 24 heavy (non-hydrogen) atoms. The van der Waals surface area contributed by atoms with Gasteiger partial charge in [-0.05, 0) is 49.1 Å². The zero-order valence-corrected chi connectivity index (χ0v) is 14.4. The molecule has 4 nitrogen and oxygen atoms in total. The van der Waals surface area contributed by atoms with Crippen LogP contribution >= 0.6 is 0 Å². The number of benzene rings is 1. The molecule has 0 bridgehead atoms. The fourth-order valence-electron chi connectivity index (χ4n) is 3.32. The molecule has 0 radical (unpaired) electrons. The van der Waals surface area contributed by atoms with Crippen molar-refractivity contribution >= 4 is 5.91 Å². The SMILES string of the molecule is CCc1cc(C(=O)N2CCCC(c3cccc(OC)c3)C2)ccn1. The van der Waals surface area contributed by atoms with Gasteiger partial charge >= 0.3 is 0 Å². The van der Waals surface area contributed by atoms with Gasteiger partial charge in [0.05, 0.1) is 7.11 Å². The minimum absolute atomic E-state index is 0.111. The van der Waals surface area contributed by atoms with Gasteiger partial charge in [-0.15, -0.1) is 0 Å². The molecule has 1 amide bonds. The maximum atomic E-state index is 12.8. The second-order valence-corrected chi connectivity index (χ2v) is 6.26. The molecular weight excluding hydrogens is 300 g/mol. The summed E-state index contributed by atoms with van der Waals surface area (Å²) in [5.41, 5.74) is 2.95. The molecule has 1 saturated heterocycles. The van der Waals surface area contributed by atoms with Crippen LogP contribution in [0.5, 0.6) is 5.75 Å². The molecule has 3 rings (SSSR count). The second-order valence-electron chi connectivity index (χ2n) is 6.26. The van der Waals surface area contributed by atoms with E-state index >= 15 is 0 Å². The van der Waals surface area contributed by atoms with E-state index in [0.29, 0.717) is 5.92 Å². The van der Waals surface area contributed by atoms with Crippen molar-refractivity contribution in [3.05, 3.63) is 59.4 Å². The Morgan fingerprint density at radius 1 is 1.33 bits per heavy atom. The molecule has 0 saturated carbocycles. The first-order valence-electron chi connectivity index (χ1n) is 8.59. The first-order valence-corrected chi connectivity index (χ1v) is 8.59. The van der Waals surface area contributed by atoms with Crippen molar-refractivity contribution in [1.29, 1.82) is 0 Å². The molecule has 1 atom stereocenters. The van der Waals surface area contributed by atoms with Gasteiger partial charge in [0.2, 0.25) is 0 Å². The number of ether oxygens (including phenoxy) is 1. The highest BCUT2D eigenvalue weighted by Crippen LogP contribution is 2.29. The van der Waals surface area contributed by atoms with Gasteiger partial charge < -0.3 is 9.64 Å². The van der Waals surface area contributed by atoms with Gasteiger partial charge in [0, 0.05) is 36.5 Å². The van der Waals surface area contributed by atoms with Crippen molar-refractivity contribution in [3.8, 4) is 5.75 Å². The van der Waals surface area contributed by atoms with Crippen LogP contribution in [0.2, 0.25) is 0 Å². The summed E-state index contributed by atoms with van der Waals surface area (Å²) in [5, 5.41) is 0. The molecule has 4 heteroatoms. The number of hydrogen-bond donors (Lipinski definition) is 0. The number of likely N-dealkylation sites (tertiary alicyclic amines) is 1. The standard InChI is InChI=1S/C20H24N2O2/c1-3-18-12-16(9-10-21-18)20(23)22-11-5-7-17(14-22)15-6-4-8-19(13-15)24-2/h4,6,8-10,12-13,17H,3,5,7,11,14H2,1-2H3. The lowest BCUT2D eigenvalue weighted by molar-refractivity contribution is 0.0707. The monoisotopic (exact) mass is 324 g/mol. The van der Waals surface area contributed by atoms with E-state index in [1.165, 1.54) is 5.56 Å². The molecule has 1 fully saturated rings. The molecule has 2 heterocycles. The number of amides is 1. The lowest BCUT2D eigenvalue weighted by Gasteiger charge is -2.33. The van der Waals surface area contributed by atoms with E-state index in [4.69, 9.17) is 4.74 Å². The fraction of sp³-hybridized carbons (Fsp3) is 0.400. The minimum Gasteiger partial charge on any atom is -0.497 e. The number of nitrogens with zero attached hydrogens (tertiary/aromatic N) is 2. The first kappa shape index (κ1) is 16.5. The third-order valence-electron chi connectivity index (χ3n) is 4.70. The van der Waals surface area contributed by atoms with Crippen molar-refractivity contribution in [2.45, 2.75) is 32.1 Å². The molecule has 1 aromatic heterocycles. The van der Waals surface area contributed by atoms with E-state index in [1.807, 2.05) is 29.2 Å². The molecule has 0 N–H and O–H groups in total. The lowest BCUT2D eigenvalue weighted by Crippen LogP contribution is -2.39. The van der Waals surface area contributed by atoms with E-state index in [0.717, 1.165) is 49.4 Å². The Bertz CT molecular complexity index is 714. The van der Waals surface area contributed by atoms with Crippen molar-refractivity contribution in [2.75, 3.05) is 20.2 Å². The number of piperidine rings is 1. The molecule has 0 aliphatic carbocycles. The van der Waals surface area contributed by atoms with Crippen molar-refractivity contribution in [1.82, 2.24) is 9.88 Å². The van der Waals surface area contributed by atoms with Crippen molar-refractivity contribution in [2.24, 2.45) is 0 Å². The van der Waals surface area contributed by atoms with E-state index in [1.54, 1.807) is 13.3 Å². The predicted octanol–water partition coefficient (Wildman–Crippen LogP) is 3.67. The van der Waals surface area contributed by atoms with Crippen LogP contribution in [0.1, 0.15) is 47.3 Å². The average Bonchev–Trinajstić information content (AvgIpc) is 2.67. The number of methoxy groups -OCH3 is 1. The topological polar surface area (TPSA) is 42.4 Å². The van der Waals surface area contributed by atoms with Gasteiger partial charge in [-0.25, -0.2) is 0 Å². The average molecular weight is 324 g/mol. The second kappa shape index (κ2) is 7.47. The summed E-state index contributed by atoms with van der Waals surface area (Å²) in [6, 6.07) is 11.9. The van der Waals surface area contributed by atoms with Crippen LogP contribution in [-0.4, -0.2) is 36.0 Å². The van der Waals surface area contributed by atoms with E-state index in [9.17, 15) is 4.79 Å². The fourth-order valence-corrected chi connectivity index (χ4v) is 3.32. The van der Waals surface area contributed by atoms with E-state index in [2.05, 4.69) is 24.0 Å². The molecule has 126 valence electrons. The zero-order valence-electron chi connectivity index (χ0n) is 14.4. The Kier molecular flexibility index (Phi) is 5.14. The molecule has 0 spiro atoms. The number of carbonyl (C=O) groups is 1. The van der Waals surface area contributed by atoms with Crippen LogP contribution < -0.4 is 4.74 Å². The molecule has 1 aliphatic heterocycles. The normalized spacial score (nSPS) is 17.6. The Morgan fingerprint density at radius 3 is 3.00 bits per heavy atom. The van der Waals surface area contributed by atoms with Crippen molar-refractivity contribution < 1.29 is 9.53 Å². The maximum Gasteiger partial charge on any atom is 0.253 e. The third kappa shape index (κ3) is 3.58. The third-order valence-corrected chi connectivity index (χ3v) is 4.70. The van der Waals surface area contributed by atoms with Crippen LogP contribution in [-0.2, 0) is 6.42 Å².